The van der Waals surface area contributed by atoms with E-state index in [1.54, 1.807) is 0 Å². The average Bonchev–Trinajstić information content (AvgIpc) is 3.20. The monoisotopic (exact) mass is 297 g/mol. The number of benzene rings is 2. The molecule has 106 valence electrons. The summed E-state index contributed by atoms with van der Waals surface area (Å²) < 4.78 is 1.99. The highest BCUT2D eigenvalue weighted by atomic mass is 35.5. The Hall–Kier alpha value is -1.87. The SMILES string of the molecule is Cc1ccccc1-c1ccc2c(nnn2CC2CC2)c1Cl. The minimum Gasteiger partial charge on any atom is -0.244 e. The van der Waals surface area contributed by atoms with Crippen LogP contribution in [0.15, 0.2) is 36.4 Å². The molecule has 21 heavy (non-hydrogen) atoms. The number of fused-ring (bicyclic) bond motifs is 1. The van der Waals surface area contributed by atoms with Crippen molar-refractivity contribution in [3.8, 4) is 11.1 Å². The van der Waals surface area contributed by atoms with Gasteiger partial charge >= 0.3 is 0 Å². The molecule has 0 atom stereocenters. The summed E-state index contributed by atoms with van der Waals surface area (Å²) in [6, 6.07) is 12.4. The van der Waals surface area contributed by atoms with Crippen molar-refractivity contribution in [1.82, 2.24) is 15.0 Å². The van der Waals surface area contributed by atoms with E-state index in [-0.39, 0.29) is 0 Å². The van der Waals surface area contributed by atoms with E-state index in [0.29, 0.717) is 5.02 Å². The van der Waals surface area contributed by atoms with Crippen LogP contribution in [-0.4, -0.2) is 15.0 Å². The molecule has 1 aliphatic rings. The maximum absolute atomic E-state index is 6.60. The summed E-state index contributed by atoms with van der Waals surface area (Å²) in [7, 11) is 0. The van der Waals surface area contributed by atoms with E-state index in [1.807, 2.05) is 16.8 Å². The number of aromatic nitrogens is 3. The molecular formula is C17H16ClN3. The van der Waals surface area contributed by atoms with E-state index in [1.165, 1.54) is 18.4 Å². The summed E-state index contributed by atoms with van der Waals surface area (Å²) in [6.45, 7) is 3.05. The first-order valence-corrected chi connectivity index (χ1v) is 7.69. The van der Waals surface area contributed by atoms with Gasteiger partial charge in [0.2, 0.25) is 0 Å². The zero-order valence-electron chi connectivity index (χ0n) is 11.9. The standard InChI is InChI=1S/C17H16ClN3/c1-11-4-2-3-5-13(11)14-8-9-15-17(16(14)18)19-20-21(15)10-12-6-7-12/h2-5,8-9,12H,6-7,10H2,1H3. The van der Waals surface area contributed by atoms with Crippen LogP contribution in [0.1, 0.15) is 18.4 Å². The Balaban J connectivity index is 1.85. The fourth-order valence-electron chi connectivity index (χ4n) is 2.77. The molecule has 0 unspecified atom stereocenters. The number of hydrogen-bond acceptors (Lipinski definition) is 2. The van der Waals surface area contributed by atoms with E-state index in [4.69, 9.17) is 11.6 Å². The van der Waals surface area contributed by atoms with Crippen LogP contribution in [0.3, 0.4) is 0 Å². The fourth-order valence-corrected chi connectivity index (χ4v) is 3.07. The zero-order chi connectivity index (χ0) is 14.4. The largest absolute Gasteiger partial charge is 0.244 e. The van der Waals surface area contributed by atoms with Gasteiger partial charge in [0.05, 0.1) is 10.5 Å². The molecule has 1 aromatic heterocycles. The van der Waals surface area contributed by atoms with Crippen molar-refractivity contribution in [2.75, 3.05) is 0 Å². The van der Waals surface area contributed by atoms with Crippen molar-refractivity contribution < 1.29 is 0 Å². The molecule has 4 heteroatoms. The van der Waals surface area contributed by atoms with E-state index < -0.39 is 0 Å². The van der Waals surface area contributed by atoms with Gasteiger partial charge in [0, 0.05) is 12.1 Å². The molecule has 2 aromatic carbocycles. The normalized spacial score (nSPS) is 14.8. The molecule has 0 spiro atoms. The first-order valence-electron chi connectivity index (χ1n) is 7.32. The second-order valence-corrected chi connectivity index (χ2v) is 6.20. The quantitative estimate of drug-likeness (QED) is 0.714. The second kappa shape index (κ2) is 4.85. The number of hydrogen-bond donors (Lipinski definition) is 0. The first kappa shape index (κ1) is 12.8. The molecule has 1 aliphatic carbocycles. The Morgan fingerprint density at radius 1 is 1.14 bits per heavy atom. The minimum atomic E-state index is 0.698. The molecule has 1 heterocycles. The Labute approximate surface area is 128 Å². The third-order valence-electron chi connectivity index (χ3n) is 4.19. The van der Waals surface area contributed by atoms with Crippen molar-refractivity contribution >= 4 is 22.6 Å². The molecule has 1 fully saturated rings. The van der Waals surface area contributed by atoms with E-state index >= 15 is 0 Å². The smallest absolute Gasteiger partial charge is 0.132 e. The van der Waals surface area contributed by atoms with Crippen molar-refractivity contribution in [3.63, 3.8) is 0 Å². The second-order valence-electron chi connectivity index (χ2n) is 5.82. The predicted molar refractivity (Wildman–Crippen MR) is 85.4 cm³/mol. The van der Waals surface area contributed by atoms with Crippen molar-refractivity contribution in [2.45, 2.75) is 26.3 Å². The lowest BCUT2D eigenvalue weighted by Gasteiger charge is -2.08. The highest BCUT2D eigenvalue weighted by molar-refractivity contribution is 6.37. The van der Waals surface area contributed by atoms with Crippen LogP contribution >= 0.6 is 11.6 Å². The Morgan fingerprint density at radius 2 is 1.95 bits per heavy atom. The first-order chi connectivity index (χ1) is 10.2. The summed E-state index contributed by atoms with van der Waals surface area (Å²) in [4.78, 5) is 0. The van der Waals surface area contributed by atoms with E-state index in [0.717, 1.165) is 34.6 Å². The topological polar surface area (TPSA) is 30.7 Å². The van der Waals surface area contributed by atoms with Crippen LogP contribution in [0.2, 0.25) is 5.02 Å². The van der Waals surface area contributed by atoms with Gasteiger partial charge in [0.1, 0.15) is 5.52 Å². The van der Waals surface area contributed by atoms with Crippen LogP contribution in [0, 0.1) is 12.8 Å². The number of rotatable bonds is 3. The lowest BCUT2D eigenvalue weighted by Crippen LogP contribution is -2.01. The molecule has 3 aromatic rings. The number of nitrogens with zero attached hydrogens (tertiary/aromatic N) is 3. The lowest BCUT2D eigenvalue weighted by atomic mass is 10.00. The van der Waals surface area contributed by atoms with Crippen LogP contribution in [0.5, 0.6) is 0 Å². The number of aryl methyl sites for hydroxylation is 1. The zero-order valence-corrected chi connectivity index (χ0v) is 12.6. The number of halogens is 1. The van der Waals surface area contributed by atoms with Gasteiger partial charge in [-0.2, -0.15) is 0 Å². The Kier molecular flexibility index (Phi) is 2.96. The van der Waals surface area contributed by atoms with Crippen LogP contribution in [-0.2, 0) is 6.54 Å². The molecule has 0 saturated heterocycles. The molecule has 3 nitrogen and oxygen atoms in total. The van der Waals surface area contributed by atoms with Gasteiger partial charge in [-0.25, -0.2) is 4.68 Å². The Morgan fingerprint density at radius 3 is 2.71 bits per heavy atom. The van der Waals surface area contributed by atoms with Gasteiger partial charge in [-0.15, -0.1) is 5.10 Å². The van der Waals surface area contributed by atoms with Gasteiger partial charge in [-0.1, -0.05) is 47.1 Å². The summed E-state index contributed by atoms with van der Waals surface area (Å²) in [5, 5.41) is 9.27. The molecule has 0 N–H and O–H groups in total. The van der Waals surface area contributed by atoms with Crippen molar-refractivity contribution in [3.05, 3.63) is 47.0 Å². The van der Waals surface area contributed by atoms with Gasteiger partial charge in [0.25, 0.3) is 0 Å². The lowest BCUT2D eigenvalue weighted by molar-refractivity contribution is 0.559. The van der Waals surface area contributed by atoms with Gasteiger partial charge in [-0.05, 0) is 42.9 Å². The van der Waals surface area contributed by atoms with Crippen molar-refractivity contribution in [1.29, 1.82) is 0 Å². The molecular weight excluding hydrogens is 282 g/mol. The van der Waals surface area contributed by atoms with Gasteiger partial charge in [-0.3, -0.25) is 0 Å². The highest BCUT2D eigenvalue weighted by Crippen LogP contribution is 2.36. The van der Waals surface area contributed by atoms with Crippen molar-refractivity contribution in [2.24, 2.45) is 5.92 Å². The Bertz CT molecular complexity index is 818. The summed E-state index contributed by atoms with van der Waals surface area (Å²) in [6.07, 6.45) is 2.60. The van der Waals surface area contributed by atoms with Gasteiger partial charge in [0.15, 0.2) is 0 Å². The fraction of sp³-hybridized carbons (Fsp3) is 0.294. The van der Waals surface area contributed by atoms with E-state index in [9.17, 15) is 0 Å². The summed E-state index contributed by atoms with van der Waals surface area (Å²) in [5.41, 5.74) is 5.23. The molecule has 0 aliphatic heterocycles. The minimum absolute atomic E-state index is 0.698. The molecule has 1 saturated carbocycles. The van der Waals surface area contributed by atoms with Crippen LogP contribution < -0.4 is 0 Å². The van der Waals surface area contributed by atoms with Crippen LogP contribution in [0.4, 0.5) is 0 Å². The predicted octanol–water partition coefficient (Wildman–Crippen LogP) is 4.47. The molecule has 0 bridgehead atoms. The van der Waals surface area contributed by atoms with Gasteiger partial charge < -0.3 is 0 Å². The molecule has 4 rings (SSSR count). The van der Waals surface area contributed by atoms with Crippen LogP contribution in [0.25, 0.3) is 22.2 Å². The van der Waals surface area contributed by atoms with E-state index in [2.05, 4.69) is 41.5 Å². The average molecular weight is 298 g/mol. The third kappa shape index (κ3) is 2.22. The maximum atomic E-state index is 6.60. The maximum Gasteiger partial charge on any atom is 0.132 e. The molecule has 0 amide bonds. The third-order valence-corrected chi connectivity index (χ3v) is 4.57. The summed E-state index contributed by atoms with van der Waals surface area (Å²) >= 11 is 6.60. The summed E-state index contributed by atoms with van der Waals surface area (Å²) in [5.74, 6) is 0.768. The highest BCUT2D eigenvalue weighted by Gasteiger charge is 2.23. The molecule has 0 radical (unpaired) electrons.